The highest BCUT2D eigenvalue weighted by atomic mass is 79.9. The topological polar surface area (TPSA) is 38.3 Å². The minimum absolute atomic E-state index is 0.203. The van der Waals surface area contributed by atoms with Gasteiger partial charge in [0, 0.05) is 10.2 Å². The van der Waals surface area contributed by atoms with Gasteiger partial charge in [-0.25, -0.2) is 4.79 Å². The lowest BCUT2D eigenvalue weighted by Crippen LogP contribution is -2.41. The summed E-state index contributed by atoms with van der Waals surface area (Å²) in [5.74, 6) is 0.165. The Kier molecular flexibility index (Phi) is 4.51. The quantitative estimate of drug-likeness (QED) is 0.851. The van der Waals surface area contributed by atoms with Crippen LogP contribution in [0.1, 0.15) is 19.3 Å². The Labute approximate surface area is 120 Å². The van der Waals surface area contributed by atoms with Gasteiger partial charge in [-0.3, -0.25) is 0 Å². The van der Waals surface area contributed by atoms with Gasteiger partial charge in [-0.1, -0.05) is 18.0 Å². The summed E-state index contributed by atoms with van der Waals surface area (Å²) in [7, 11) is 1.42. The first-order valence-corrected chi connectivity index (χ1v) is 7.08. The van der Waals surface area contributed by atoms with E-state index >= 15 is 0 Å². The molecular formula is C13H15BrClNO2. The molecule has 3 nitrogen and oxygen atoms in total. The zero-order valence-electron chi connectivity index (χ0n) is 10.1. The predicted molar refractivity (Wildman–Crippen MR) is 75.9 cm³/mol. The Balaban J connectivity index is 2.12. The van der Waals surface area contributed by atoms with E-state index in [4.69, 9.17) is 16.3 Å². The van der Waals surface area contributed by atoms with E-state index in [9.17, 15) is 4.79 Å². The van der Waals surface area contributed by atoms with E-state index in [2.05, 4.69) is 21.2 Å². The Morgan fingerprint density at radius 2 is 2.28 bits per heavy atom. The van der Waals surface area contributed by atoms with Gasteiger partial charge in [0.1, 0.15) is 6.04 Å². The van der Waals surface area contributed by atoms with Gasteiger partial charge in [0.2, 0.25) is 0 Å². The maximum atomic E-state index is 11.8. The van der Waals surface area contributed by atoms with Crippen LogP contribution in [0.25, 0.3) is 0 Å². The molecule has 0 bridgehead atoms. The third-order valence-electron chi connectivity index (χ3n) is 3.32. The van der Waals surface area contributed by atoms with E-state index in [1.807, 2.05) is 12.1 Å². The third kappa shape index (κ3) is 2.98. The molecule has 0 aliphatic heterocycles. The van der Waals surface area contributed by atoms with Crippen molar-refractivity contribution in [1.82, 2.24) is 0 Å². The van der Waals surface area contributed by atoms with Gasteiger partial charge < -0.3 is 10.1 Å². The summed E-state index contributed by atoms with van der Waals surface area (Å²) < 4.78 is 5.67. The van der Waals surface area contributed by atoms with Crippen LogP contribution >= 0.6 is 27.5 Å². The van der Waals surface area contributed by atoms with Crippen LogP contribution in [0.2, 0.25) is 5.02 Å². The Bertz CT molecular complexity index is 449. The summed E-state index contributed by atoms with van der Waals surface area (Å²) >= 11 is 9.31. The number of ether oxygens (including phenoxy) is 1. The molecule has 1 saturated carbocycles. The van der Waals surface area contributed by atoms with Crippen LogP contribution in [0.3, 0.4) is 0 Å². The molecule has 1 aromatic carbocycles. The van der Waals surface area contributed by atoms with Crippen molar-refractivity contribution in [3.05, 3.63) is 27.7 Å². The lowest BCUT2D eigenvalue weighted by Gasteiger charge is -2.33. The van der Waals surface area contributed by atoms with E-state index in [1.54, 1.807) is 6.07 Å². The molecule has 18 heavy (non-hydrogen) atoms. The van der Waals surface area contributed by atoms with Crippen LogP contribution in [0.5, 0.6) is 0 Å². The minimum atomic E-state index is -0.267. The zero-order valence-corrected chi connectivity index (χ0v) is 12.4. The largest absolute Gasteiger partial charge is 0.467 e. The Morgan fingerprint density at radius 3 is 2.78 bits per heavy atom. The first-order valence-electron chi connectivity index (χ1n) is 5.91. The molecular weight excluding hydrogens is 318 g/mol. The molecule has 0 aromatic heterocycles. The Morgan fingerprint density at radius 1 is 1.56 bits per heavy atom. The number of esters is 1. The molecule has 0 radical (unpaired) electrons. The summed E-state index contributed by atoms with van der Waals surface area (Å²) in [6.07, 6.45) is 3.33. The van der Waals surface area contributed by atoms with Crippen molar-refractivity contribution in [3.8, 4) is 0 Å². The number of carbonyl (C=O) groups is 1. The Hall–Kier alpha value is -0.740. The molecule has 0 amide bonds. The van der Waals surface area contributed by atoms with Crippen molar-refractivity contribution in [2.45, 2.75) is 25.3 Å². The fourth-order valence-electron chi connectivity index (χ4n) is 2.03. The lowest BCUT2D eigenvalue weighted by molar-refractivity contribution is -0.143. The molecule has 0 saturated heterocycles. The number of benzene rings is 1. The summed E-state index contributed by atoms with van der Waals surface area (Å²) in [6.45, 7) is 0. The van der Waals surface area contributed by atoms with E-state index in [0.29, 0.717) is 10.9 Å². The summed E-state index contributed by atoms with van der Waals surface area (Å²) in [5, 5.41) is 3.89. The lowest BCUT2D eigenvalue weighted by atomic mass is 9.79. The first-order chi connectivity index (χ1) is 8.61. The molecule has 0 spiro atoms. The summed E-state index contributed by atoms with van der Waals surface area (Å²) in [6, 6.07) is 5.26. The van der Waals surface area contributed by atoms with Gasteiger partial charge in [0.25, 0.3) is 0 Å². The summed E-state index contributed by atoms with van der Waals surface area (Å²) in [5.41, 5.74) is 0.869. The van der Waals surface area contributed by atoms with Gasteiger partial charge >= 0.3 is 5.97 Å². The zero-order chi connectivity index (χ0) is 13.1. The summed E-state index contributed by atoms with van der Waals surface area (Å²) in [4.78, 5) is 11.8. The first kappa shape index (κ1) is 13.7. The number of anilines is 1. The van der Waals surface area contributed by atoms with E-state index < -0.39 is 0 Å². The van der Waals surface area contributed by atoms with Crippen LogP contribution in [0, 0.1) is 5.92 Å². The smallest absolute Gasteiger partial charge is 0.328 e. The van der Waals surface area contributed by atoms with Gasteiger partial charge in [-0.2, -0.15) is 0 Å². The highest BCUT2D eigenvalue weighted by Gasteiger charge is 2.33. The highest BCUT2D eigenvalue weighted by molar-refractivity contribution is 9.10. The second kappa shape index (κ2) is 5.93. The van der Waals surface area contributed by atoms with Crippen LogP contribution in [-0.2, 0) is 9.53 Å². The average molecular weight is 333 g/mol. The third-order valence-corrected chi connectivity index (χ3v) is 4.53. The second-order valence-electron chi connectivity index (χ2n) is 4.47. The molecule has 1 unspecified atom stereocenters. The van der Waals surface area contributed by atoms with Gasteiger partial charge in [0.15, 0.2) is 0 Å². The van der Waals surface area contributed by atoms with Gasteiger partial charge in [0.05, 0.1) is 12.1 Å². The molecule has 1 atom stereocenters. The van der Waals surface area contributed by atoms with Crippen molar-refractivity contribution in [1.29, 1.82) is 0 Å². The van der Waals surface area contributed by atoms with Crippen molar-refractivity contribution < 1.29 is 9.53 Å². The second-order valence-corrected chi connectivity index (χ2v) is 5.73. The molecule has 2 rings (SSSR count). The van der Waals surface area contributed by atoms with Gasteiger partial charge in [-0.05, 0) is 52.9 Å². The molecule has 98 valence electrons. The molecule has 1 aromatic rings. The SMILES string of the molecule is COC(=O)C(Nc1ccc(Cl)c(Br)c1)C1CCC1. The predicted octanol–water partition coefficient (Wildman–Crippen LogP) is 3.86. The number of nitrogens with one attached hydrogen (secondary N) is 1. The number of hydrogen-bond acceptors (Lipinski definition) is 3. The van der Waals surface area contributed by atoms with Crippen molar-refractivity contribution in [2.75, 3.05) is 12.4 Å². The number of methoxy groups -OCH3 is 1. The monoisotopic (exact) mass is 331 g/mol. The van der Waals surface area contributed by atoms with E-state index in [1.165, 1.54) is 13.5 Å². The van der Waals surface area contributed by atoms with E-state index in [0.717, 1.165) is 23.0 Å². The number of rotatable bonds is 4. The van der Waals surface area contributed by atoms with Crippen molar-refractivity contribution in [2.24, 2.45) is 5.92 Å². The molecule has 1 aliphatic rings. The van der Waals surface area contributed by atoms with E-state index in [-0.39, 0.29) is 12.0 Å². The average Bonchev–Trinajstić information content (AvgIpc) is 2.29. The maximum Gasteiger partial charge on any atom is 0.328 e. The van der Waals surface area contributed by atoms with Crippen molar-refractivity contribution >= 4 is 39.2 Å². The van der Waals surface area contributed by atoms with Crippen LogP contribution in [0.15, 0.2) is 22.7 Å². The van der Waals surface area contributed by atoms with Crippen LogP contribution < -0.4 is 5.32 Å². The fourth-order valence-corrected chi connectivity index (χ4v) is 2.53. The number of hydrogen-bond donors (Lipinski definition) is 1. The maximum absolute atomic E-state index is 11.8. The highest BCUT2D eigenvalue weighted by Crippen LogP contribution is 2.33. The molecule has 1 aliphatic carbocycles. The fraction of sp³-hybridized carbons (Fsp3) is 0.462. The molecule has 1 fully saturated rings. The minimum Gasteiger partial charge on any atom is -0.467 e. The molecule has 5 heteroatoms. The standard InChI is InChI=1S/C13H15BrClNO2/c1-18-13(17)12(8-3-2-4-8)16-9-5-6-11(15)10(14)7-9/h5-8,12,16H,2-4H2,1H3. The number of carbonyl (C=O) groups excluding carboxylic acids is 1. The molecule has 0 heterocycles. The van der Waals surface area contributed by atoms with Crippen LogP contribution in [-0.4, -0.2) is 19.1 Å². The number of halogens is 2. The van der Waals surface area contributed by atoms with Gasteiger partial charge in [-0.15, -0.1) is 0 Å². The van der Waals surface area contributed by atoms with Crippen LogP contribution in [0.4, 0.5) is 5.69 Å². The van der Waals surface area contributed by atoms with Crippen molar-refractivity contribution in [3.63, 3.8) is 0 Å². The molecule has 1 N–H and O–H groups in total. The normalized spacial score (nSPS) is 16.8.